The third-order valence-electron chi connectivity index (χ3n) is 2.80. The molecule has 2 heteroatoms. The molecule has 0 unspecified atom stereocenters. The maximum Gasteiger partial charge on any atom is 0.0633 e. The van der Waals surface area contributed by atoms with Crippen molar-refractivity contribution in [2.45, 2.75) is 32.6 Å². The summed E-state index contributed by atoms with van der Waals surface area (Å²) in [5.74, 6) is 0.566. The average Bonchev–Trinajstić information content (AvgIpc) is 2.65. The van der Waals surface area contributed by atoms with Gasteiger partial charge >= 0.3 is 0 Å². The van der Waals surface area contributed by atoms with E-state index >= 15 is 0 Å². The predicted molar refractivity (Wildman–Crippen MR) is 70.8 cm³/mol. The van der Waals surface area contributed by atoms with E-state index in [9.17, 15) is 0 Å². The normalized spacial score (nSPS) is 18.2. The minimum atomic E-state index is 0.566. The van der Waals surface area contributed by atoms with Crippen molar-refractivity contribution in [2.75, 3.05) is 0 Å². The highest BCUT2D eigenvalue weighted by Gasteiger charge is 2.10. The predicted octanol–water partition coefficient (Wildman–Crippen LogP) is 4.80. The summed E-state index contributed by atoms with van der Waals surface area (Å²) in [5, 5.41) is 0.813. The zero-order valence-electron chi connectivity index (χ0n) is 9.70. The van der Waals surface area contributed by atoms with E-state index in [1.807, 2.05) is 6.08 Å². The van der Waals surface area contributed by atoms with Gasteiger partial charge in [-0.3, -0.25) is 4.99 Å². The Labute approximate surface area is 102 Å². The Balaban J connectivity index is 2.20. The first-order chi connectivity index (χ1) is 7.66. The molecule has 1 aromatic carbocycles. The van der Waals surface area contributed by atoms with Crippen molar-refractivity contribution in [1.82, 2.24) is 0 Å². The molecule has 0 saturated heterocycles. The Morgan fingerprint density at radius 2 is 1.88 bits per heavy atom. The minimum Gasteiger partial charge on any atom is -0.252 e. The molecule has 0 saturated carbocycles. The van der Waals surface area contributed by atoms with Crippen LogP contribution in [0.1, 0.15) is 38.2 Å². The van der Waals surface area contributed by atoms with E-state index in [0.29, 0.717) is 5.92 Å². The number of aliphatic imine (C=N–C) groups is 1. The Kier molecular flexibility index (Phi) is 3.45. The second-order valence-corrected chi connectivity index (χ2v) is 4.80. The lowest BCUT2D eigenvalue weighted by molar-refractivity contribution is 0.867. The Morgan fingerprint density at radius 3 is 2.38 bits per heavy atom. The van der Waals surface area contributed by atoms with Crippen LogP contribution in [-0.4, -0.2) is 5.71 Å². The van der Waals surface area contributed by atoms with Gasteiger partial charge in [0.25, 0.3) is 0 Å². The molecule has 2 rings (SSSR count). The highest BCUT2D eigenvalue weighted by atomic mass is 35.5. The van der Waals surface area contributed by atoms with Crippen molar-refractivity contribution in [3.63, 3.8) is 0 Å². The zero-order chi connectivity index (χ0) is 11.5. The van der Waals surface area contributed by atoms with E-state index in [0.717, 1.165) is 29.3 Å². The SMILES string of the molecule is CC(C)c1ccc(N=C2CCC=C2Cl)cc1. The van der Waals surface area contributed by atoms with Crippen LogP contribution in [0.4, 0.5) is 5.69 Å². The Morgan fingerprint density at radius 1 is 1.19 bits per heavy atom. The molecule has 0 bridgehead atoms. The van der Waals surface area contributed by atoms with Crippen molar-refractivity contribution in [1.29, 1.82) is 0 Å². The van der Waals surface area contributed by atoms with Crippen LogP contribution in [0.5, 0.6) is 0 Å². The lowest BCUT2D eigenvalue weighted by Crippen LogP contribution is -1.90. The van der Waals surface area contributed by atoms with Crippen LogP contribution >= 0.6 is 11.6 Å². The van der Waals surface area contributed by atoms with Crippen molar-refractivity contribution < 1.29 is 0 Å². The summed E-state index contributed by atoms with van der Waals surface area (Å²) in [6.45, 7) is 4.38. The summed E-state index contributed by atoms with van der Waals surface area (Å²) >= 11 is 6.04. The van der Waals surface area contributed by atoms with E-state index in [1.165, 1.54) is 5.56 Å². The highest BCUT2D eigenvalue weighted by molar-refractivity contribution is 6.44. The summed E-state index contributed by atoms with van der Waals surface area (Å²) in [6.07, 6.45) is 4.01. The van der Waals surface area contributed by atoms with Crippen LogP contribution < -0.4 is 0 Å². The highest BCUT2D eigenvalue weighted by Crippen LogP contribution is 2.24. The molecular weight excluding hydrogens is 218 g/mol. The first kappa shape index (κ1) is 11.4. The first-order valence-electron chi connectivity index (χ1n) is 5.70. The van der Waals surface area contributed by atoms with Crippen molar-refractivity contribution in [2.24, 2.45) is 4.99 Å². The van der Waals surface area contributed by atoms with Crippen LogP contribution in [0.25, 0.3) is 0 Å². The molecular formula is C14H16ClN. The van der Waals surface area contributed by atoms with Crippen molar-refractivity contribution >= 4 is 23.0 Å². The maximum atomic E-state index is 6.04. The molecule has 84 valence electrons. The van der Waals surface area contributed by atoms with Gasteiger partial charge in [0.1, 0.15) is 0 Å². The lowest BCUT2D eigenvalue weighted by atomic mass is 10.0. The average molecular weight is 234 g/mol. The second-order valence-electron chi connectivity index (χ2n) is 4.40. The summed E-state index contributed by atoms with van der Waals surface area (Å²) in [5.41, 5.74) is 3.35. The molecule has 0 aromatic heterocycles. The summed E-state index contributed by atoms with van der Waals surface area (Å²) < 4.78 is 0. The smallest absolute Gasteiger partial charge is 0.0633 e. The van der Waals surface area contributed by atoms with Gasteiger partial charge in [-0.05, 0) is 36.5 Å². The van der Waals surface area contributed by atoms with Gasteiger partial charge in [-0.2, -0.15) is 0 Å². The monoisotopic (exact) mass is 233 g/mol. The second kappa shape index (κ2) is 4.84. The van der Waals surface area contributed by atoms with Crippen LogP contribution in [0.15, 0.2) is 40.4 Å². The van der Waals surface area contributed by atoms with Crippen LogP contribution in [0, 0.1) is 0 Å². The first-order valence-corrected chi connectivity index (χ1v) is 6.08. The van der Waals surface area contributed by atoms with Crippen LogP contribution in [-0.2, 0) is 0 Å². The molecule has 0 aliphatic heterocycles. The number of benzene rings is 1. The van der Waals surface area contributed by atoms with E-state index in [-0.39, 0.29) is 0 Å². The van der Waals surface area contributed by atoms with E-state index < -0.39 is 0 Å². The third kappa shape index (κ3) is 2.53. The minimum absolute atomic E-state index is 0.566. The number of hydrogen-bond acceptors (Lipinski definition) is 1. The molecule has 1 aromatic rings. The summed E-state index contributed by atoms with van der Waals surface area (Å²) in [4.78, 5) is 4.56. The Hall–Kier alpha value is -1.08. The third-order valence-corrected chi connectivity index (χ3v) is 3.18. The lowest BCUT2D eigenvalue weighted by Gasteiger charge is -2.05. The largest absolute Gasteiger partial charge is 0.252 e. The molecule has 0 N–H and O–H groups in total. The molecule has 1 nitrogen and oxygen atoms in total. The fourth-order valence-corrected chi connectivity index (χ4v) is 2.02. The molecule has 1 aliphatic carbocycles. The summed E-state index contributed by atoms with van der Waals surface area (Å²) in [6, 6.07) is 8.39. The standard InChI is InChI=1S/C14H16ClN/c1-10(2)11-6-8-12(9-7-11)16-14-5-3-4-13(14)15/h4,6-10H,3,5H2,1-2H3. The van der Waals surface area contributed by atoms with E-state index in [4.69, 9.17) is 11.6 Å². The maximum absolute atomic E-state index is 6.04. The van der Waals surface area contributed by atoms with Crippen molar-refractivity contribution in [3.05, 3.63) is 40.9 Å². The molecule has 1 aliphatic rings. The van der Waals surface area contributed by atoms with E-state index in [1.54, 1.807) is 0 Å². The van der Waals surface area contributed by atoms with Gasteiger partial charge in [0.15, 0.2) is 0 Å². The molecule has 0 heterocycles. The van der Waals surface area contributed by atoms with Gasteiger partial charge in [-0.15, -0.1) is 0 Å². The number of allylic oxidation sites excluding steroid dienone is 2. The molecule has 0 spiro atoms. The van der Waals surface area contributed by atoms with Crippen LogP contribution in [0.2, 0.25) is 0 Å². The molecule has 16 heavy (non-hydrogen) atoms. The van der Waals surface area contributed by atoms with Gasteiger partial charge in [0, 0.05) is 0 Å². The molecule has 0 radical (unpaired) electrons. The number of nitrogens with zero attached hydrogens (tertiary/aromatic N) is 1. The number of rotatable bonds is 2. The quantitative estimate of drug-likeness (QED) is 0.696. The number of hydrogen-bond donors (Lipinski definition) is 0. The van der Waals surface area contributed by atoms with Crippen LogP contribution in [0.3, 0.4) is 0 Å². The molecule has 0 amide bonds. The summed E-state index contributed by atoms with van der Waals surface area (Å²) in [7, 11) is 0. The van der Waals surface area contributed by atoms with Gasteiger partial charge in [-0.25, -0.2) is 0 Å². The van der Waals surface area contributed by atoms with Gasteiger partial charge in [0.05, 0.1) is 16.4 Å². The van der Waals surface area contributed by atoms with Crippen molar-refractivity contribution in [3.8, 4) is 0 Å². The fourth-order valence-electron chi connectivity index (χ4n) is 1.77. The van der Waals surface area contributed by atoms with E-state index in [2.05, 4.69) is 43.1 Å². The molecule has 0 fully saturated rings. The zero-order valence-corrected chi connectivity index (χ0v) is 10.5. The fraction of sp³-hybridized carbons (Fsp3) is 0.357. The topological polar surface area (TPSA) is 12.4 Å². The van der Waals surface area contributed by atoms with Gasteiger partial charge < -0.3 is 0 Å². The van der Waals surface area contributed by atoms with Gasteiger partial charge in [0.2, 0.25) is 0 Å². The molecule has 0 atom stereocenters. The Bertz CT molecular complexity index is 427. The number of halogens is 1. The van der Waals surface area contributed by atoms with Gasteiger partial charge in [-0.1, -0.05) is 43.7 Å².